The molecule has 9 heteroatoms. The van der Waals surface area contributed by atoms with Crippen LogP contribution in [0.2, 0.25) is 0 Å². The lowest BCUT2D eigenvalue weighted by Crippen LogP contribution is -2.59. The first-order chi connectivity index (χ1) is 16.8. The molecule has 0 saturated carbocycles. The molecule has 2 atom stereocenters. The van der Waals surface area contributed by atoms with Crippen molar-refractivity contribution in [1.82, 2.24) is 25.3 Å². The van der Waals surface area contributed by atoms with Crippen LogP contribution < -0.4 is 10.6 Å². The maximum atomic E-state index is 13.3. The van der Waals surface area contributed by atoms with Crippen molar-refractivity contribution in [1.29, 1.82) is 0 Å². The molecule has 1 saturated heterocycles. The average Bonchev–Trinajstić information content (AvgIpc) is 2.75. The molecule has 2 unspecified atom stereocenters. The first-order valence-electron chi connectivity index (χ1n) is 12.6. The van der Waals surface area contributed by atoms with Gasteiger partial charge in [-0.25, -0.2) is 14.4 Å². The summed E-state index contributed by atoms with van der Waals surface area (Å²) >= 11 is 0. The van der Waals surface area contributed by atoms with E-state index >= 15 is 0 Å². The number of likely N-dealkylation sites (N-methyl/N-ethyl adjacent to an activating group) is 1. The van der Waals surface area contributed by atoms with Crippen LogP contribution in [0.3, 0.4) is 0 Å². The molecule has 0 radical (unpaired) electrons. The summed E-state index contributed by atoms with van der Waals surface area (Å²) < 4.78 is 5.46. The summed E-state index contributed by atoms with van der Waals surface area (Å²) in [5, 5.41) is 6.03. The van der Waals surface area contributed by atoms with Crippen LogP contribution >= 0.6 is 0 Å². The molecule has 1 fully saturated rings. The summed E-state index contributed by atoms with van der Waals surface area (Å²) in [5.74, 6) is -0.430. The molecular weight excluding hydrogens is 458 g/mol. The second kappa shape index (κ2) is 10.9. The third-order valence-corrected chi connectivity index (χ3v) is 6.64. The SMILES string of the molecule is CCOC(=O)C1=C(CN2CCN(C(=O)NC(C)(C)C)C(C)C2)N(C)C(=O)NC1c1ccc(C)cc1C. The molecule has 4 amide bonds. The van der Waals surface area contributed by atoms with Gasteiger partial charge in [-0.2, -0.15) is 0 Å². The Kier molecular flexibility index (Phi) is 8.33. The van der Waals surface area contributed by atoms with E-state index in [9.17, 15) is 14.4 Å². The Morgan fingerprint density at radius 1 is 1.19 bits per heavy atom. The van der Waals surface area contributed by atoms with Gasteiger partial charge in [0.15, 0.2) is 0 Å². The lowest BCUT2D eigenvalue weighted by molar-refractivity contribution is -0.139. The van der Waals surface area contributed by atoms with Gasteiger partial charge in [0.05, 0.1) is 18.2 Å². The Morgan fingerprint density at radius 2 is 1.89 bits per heavy atom. The summed E-state index contributed by atoms with van der Waals surface area (Å²) in [6, 6.07) is 5.03. The van der Waals surface area contributed by atoms with Crippen molar-refractivity contribution in [2.24, 2.45) is 0 Å². The minimum Gasteiger partial charge on any atom is -0.463 e. The number of nitrogens with zero attached hydrogens (tertiary/aromatic N) is 3. The molecule has 2 N–H and O–H groups in total. The highest BCUT2D eigenvalue weighted by atomic mass is 16.5. The molecular formula is C27H41N5O4. The highest BCUT2D eigenvalue weighted by Crippen LogP contribution is 2.33. The van der Waals surface area contributed by atoms with E-state index in [0.717, 1.165) is 16.7 Å². The number of aryl methyl sites for hydroxylation is 2. The van der Waals surface area contributed by atoms with Crippen LogP contribution in [0.15, 0.2) is 29.5 Å². The van der Waals surface area contributed by atoms with E-state index in [4.69, 9.17) is 4.74 Å². The third kappa shape index (κ3) is 6.19. The molecule has 0 aliphatic carbocycles. The quantitative estimate of drug-likeness (QED) is 0.606. The van der Waals surface area contributed by atoms with Crippen LogP contribution in [0, 0.1) is 13.8 Å². The minimum atomic E-state index is -0.598. The van der Waals surface area contributed by atoms with Gasteiger partial charge in [-0.15, -0.1) is 0 Å². The summed E-state index contributed by atoms with van der Waals surface area (Å²) in [6.45, 7) is 16.1. The Bertz CT molecular complexity index is 1050. The van der Waals surface area contributed by atoms with E-state index in [1.807, 2.05) is 64.6 Å². The van der Waals surface area contributed by atoms with Gasteiger partial charge in [-0.3, -0.25) is 9.80 Å². The Balaban J connectivity index is 1.92. The molecule has 36 heavy (non-hydrogen) atoms. The second-order valence-corrected chi connectivity index (χ2v) is 10.8. The second-order valence-electron chi connectivity index (χ2n) is 10.8. The fourth-order valence-corrected chi connectivity index (χ4v) is 4.86. The summed E-state index contributed by atoms with van der Waals surface area (Å²) in [7, 11) is 1.68. The van der Waals surface area contributed by atoms with Gasteiger partial charge >= 0.3 is 18.0 Å². The number of hydrogen-bond acceptors (Lipinski definition) is 5. The highest BCUT2D eigenvalue weighted by molar-refractivity contribution is 5.95. The first kappa shape index (κ1) is 27.5. The van der Waals surface area contributed by atoms with Gasteiger partial charge in [-0.1, -0.05) is 23.8 Å². The number of ether oxygens (including phenoxy) is 1. The largest absolute Gasteiger partial charge is 0.463 e. The van der Waals surface area contributed by atoms with Crippen molar-refractivity contribution in [2.75, 3.05) is 39.8 Å². The number of esters is 1. The van der Waals surface area contributed by atoms with Crippen LogP contribution in [-0.2, 0) is 9.53 Å². The Morgan fingerprint density at radius 3 is 2.47 bits per heavy atom. The zero-order chi connectivity index (χ0) is 26.8. The topological polar surface area (TPSA) is 94.2 Å². The maximum Gasteiger partial charge on any atom is 0.338 e. The molecule has 0 aromatic heterocycles. The summed E-state index contributed by atoms with van der Waals surface area (Å²) in [4.78, 5) is 44.6. The number of rotatable bonds is 5. The van der Waals surface area contributed by atoms with Gasteiger partial charge in [0.2, 0.25) is 0 Å². The van der Waals surface area contributed by atoms with Crippen molar-refractivity contribution < 1.29 is 19.1 Å². The van der Waals surface area contributed by atoms with Crippen LogP contribution in [-0.4, -0.2) is 84.1 Å². The van der Waals surface area contributed by atoms with Crippen LogP contribution in [0.1, 0.15) is 57.4 Å². The number of benzene rings is 1. The highest BCUT2D eigenvalue weighted by Gasteiger charge is 2.39. The number of nitrogens with one attached hydrogen (secondary N) is 2. The number of carbonyl (C=O) groups excluding carboxylic acids is 3. The van der Waals surface area contributed by atoms with Crippen LogP contribution in [0.25, 0.3) is 0 Å². The molecule has 3 rings (SSSR count). The average molecular weight is 500 g/mol. The van der Waals surface area contributed by atoms with Gasteiger partial charge in [-0.05, 0) is 59.6 Å². The number of amides is 4. The van der Waals surface area contributed by atoms with Crippen LogP contribution in [0.5, 0.6) is 0 Å². The number of carbonyl (C=O) groups is 3. The lowest BCUT2D eigenvalue weighted by atomic mass is 9.90. The Hall–Kier alpha value is -3.07. The standard InChI is InChI=1S/C27H41N5O4/c1-9-36-24(33)22-21(16-31-12-13-32(19(4)15-31)26(35)29-27(5,6)7)30(8)25(34)28-23(22)20-11-10-17(2)14-18(20)3/h10-11,14,19,23H,9,12-13,15-16H2,1-8H3,(H,28,34)(H,29,35). The zero-order valence-corrected chi connectivity index (χ0v) is 22.9. The smallest absolute Gasteiger partial charge is 0.338 e. The fraction of sp³-hybridized carbons (Fsp3) is 0.593. The van der Waals surface area contributed by atoms with Gasteiger partial charge in [0, 0.05) is 50.5 Å². The molecule has 0 spiro atoms. The first-order valence-corrected chi connectivity index (χ1v) is 12.6. The minimum absolute atomic E-state index is 0.0226. The summed E-state index contributed by atoms with van der Waals surface area (Å²) in [5.41, 5.74) is 3.75. The van der Waals surface area contributed by atoms with Gasteiger partial charge in [0.1, 0.15) is 0 Å². The lowest BCUT2D eigenvalue weighted by Gasteiger charge is -2.43. The van der Waals surface area contributed by atoms with Crippen molar-refractivity contribution >= 4 is 18.0 Å². The predicted octanol–water partition coefficient (Wildman–Crippen LogP) is 3.33. The molecule has 1 aromatic carbocycles. The van der Waals surface area contributed by atoms with E-state index in [2.05, 4.69) is 15.5 Å². The maximum absolute atomic E-state index is 13.3. The monoisotopic (exact) mass is 499 g/mol. The van der Waals surface area contributed by atoms with Crippen molar-refractivity contribution in [3.63, 3.8) is 0 Å². The fourth-order valence-electron chi connectivity index (χ4n) is 4.86. The predicted molar refractivity (Wildman–Crippen MR) is 140 cm³/mol. The molecule has 2 heterocycles. The van der Waals surface area contributed by atoms with Crippen molar-refractivity contribution in [2.45, 2.75) is 66.1 Å². The van der Waals surface area contributed by atoms with Gasteiger partial charge in [0.25, 0.3) is 0 Å². The van der Waals surface area contributed by atoms with E-state index in [0.29, 0.717) is 37.4 Å². The number of urea groups is 2. The summed E-state index contributed by atoms with van der Waals surface area (Å²) in [6.07, 6.45) is 0. The van der Waals surface area contributed by atoms with Crippen molar-refractivity contribution in [3.05, 3.63) is 46.2 Å². The molecule has 0 bridgehead atoms. The molecule has 2 aliphatic rings. The number of piperazine rings is 1. The van der Waals surface area contributed by atoms with E-state index in [-0.39, 0.29) is 30.2 Å². The van der Waals surface area contributed by atoms with Crippen LogP contribution in [0.4, 0.5) is 9.59 Å². The number of hydrogen-bond donors (Lipinski definition) is 2. The van der Waals surface area contributed by atoms with E-state index < -0.39 is 12.0 Å². The molecule has 198 valence electrons. The van der Waals surface area contributed by atoms with E-state index in [1.54, 1.807) is 14.0 Å². The van der Waals surface area contributed by atoms with Crippen molar-refractivity contribution in [3.8, 4) is 0 Å². The zero-order valence-electron chi connectivity index (χ0n) is 22.9. The Labute approximate surface area is 214 Å². The molecule has 1 aromatic rings. The molecule has 9 nitrogen and oxygen atoms in total. The normalized spacial score (nSPS) is 21.4. The van der Waals surface area contributed by atoms with E-state index in [1.165, 1.54) is 4.90 Å². The van der Waals surface area contributed by atoms with Gasteiger partial charge < -0.3 is 20.3 Å². The molecule has 2 aliphatic heterocycles. The third-order valence-electron chi connectivity index (χ3n) is 6.64.